The van der Waals surface area contributed by atoms with E-state index in [9.17, 15) is 5.11 Å². The molecule has 3 N–H and O–H groups in total. The molecule has 116 valence electrons. The molecule has 5 nitrogen and oxygen atoms in total. The Morgan fingerprint density at radius 2 is 2.09 bits per heavy atom. The molecular weight excluding hydrogens is 308 g/mol. The van der Waals surface area contributed by atoms with Gasteiger partial charge in [-0.15, -0.1) is 0 Å². The van der Waals surface area contributed by atoms with Gasteiger partial charge in [-0.25, -0.2) is 0 Å². The standard InChI is InChI=1S/C17H16N4OS/c1-17(22)15(21-8-3-2-4-9-21)14(12-6-5-7-19-11-12)13(10-18)16(23)20-17/h2-9,11,14-15,18,22H,1H3/p+1/t14-,15?,17+/m0/s1. The fourth-order valence-electron chi connectivity index (χ4n) is 3.10. The van der Waals surface area contributed by atoms with Crippen molar-refractivity contribution >= 4 is 23.1 Å². The van der Waals surface area contributed by atoms with E-state index in [-0.39, 0.29) is 5.92 Å². The van der Waals surface area contributed by atoms with Crippen LogP contribution in [0.2, 0.25) is 0 Å². The van der Waals surface area contributed by atoms with Crippen LogP contribution in [-0.4, -0.2) is 26.7 Å². The van der Waals surface area contributed by atoms with Crippen LogP contribution in [0.5, 0.6) is 0 Å². The van der Waals surface area contributed by atoms with Gasteiger partial charge < -0.3 is 10.4 Å². The first-order valence-corrected chi connectivity index (χ1v) is 7.65. The maximum atomic E-state index is 11.0. The minimum absolute atomic E-state index is 0.322. The van der Waals surface area contributed by atoms with Gasteiger partial charge in [0.2, 0.25) is 6.04 Å². The fraction of sp³-hybridized carbons (Fsp3) is 0.235. The van der Waals surface area contributed by atoms with Crippen LogP contribution < -0.4 is 9.88 Å². The number of aliphatic hydroxyl groups is 1. The third kappa shape index (κ3) is 2.80. The fourth-order valence-corrected chi connectivity index (χ4v) is 3.48. The van der Waals surface area contributed by atoms with Gasteiger partial charge in [-0.1, -0.05) is 24.4 Å². The van der Waals surface area contributed by atoms with Crippen LogP contribution in [0.1, 0.15) is 24.4 Å². The maximum absolute atomic E-state index is 11.0. The van der Waals surface area contributed by atoms with Crippen molar-refractivity contribution in [3.05, 3.63) is 66.3 Å². The molecule has 6 heteroatoms. The number of hydrogen-bond acceptors (Lipinski definition) is 4. The summed E-state index contributed by atoms with van der Waals surface area (Å²) in [4.78, 5) is 4.51. The van der Waals surface area contributed by atoms with Gasteiger partial charge in [0.25, 0.3) is 0 Å². The number of nitrogens with zero attached hydrogens (tertiary/aromatic N) is 2. The van der Waals surface area contributed by atoms with Gasteiger partial charge in [0, 0.05) is 24.5 Å². The van der Waals surface area contributed by atoms with Gasteiger partial charge in [0.05, 0.1) is 11.5 Å². The van der Waals surface area contributed by atoms with E-state index >= 15 is 0 Å². The Morgan fingerprint density at radius 1 is 1.35 bits per heavy atom. The van der Waals surface area contributed by atoms with E-state index < -0.39 is 11.8 Å². The maximum Gasteiger partial charge on any atom is 0.216 e. The molecule has 0 spiro atoms. The van der Waals surface area contributed by atoms with Crippen molar-refractivity contribution in [3.63, 3.8) is 0 Å². The summed E-state index contributed by atoms with van der Waals surface area (Å²) >= 11 is 5.33. The van der Waals surface area contributed by atoms with Crippen LogP contribution in [0.3, 0.4) is 0 Å². The molecular formula is C17H17N4OS+. The number of thiocarbonyl (C=S) groups is 1. The molecule has 2 aromatic rings. The summed E-state index contributed by atoms with van der Waals surface area (Å²) in [5.41, 5.74) is 0.151. The zero-order valence-electron chi connectivity index (χ0n) is 12.6. The number of pyridine rings is 2. The number of piperidine rings is 1. The molecule has 23 heavy (non-hydrogen) atoms. The first-order valence-electron chi connectivity index (χ1n) is 7.25. The summed E-state index contributed by atoms with van der Waals surface area (Å²) in [7, 11) is 0. The lowest BCUT2D eigenvalue weighted by atomic mass is 9.77. The SMILES string of the molecule is C[C@]1(O)NC(=S)C(=C=N)[C@H](c2cccnc2)C1[n+]1ccccc1. The third-order valence-corrected chi connectivity index (χ3v) is 4.37. The quantitative estimate of drug-likeness (QED) is 0.339. The van der Waals surface area contributed by atoms with E-state index in [1.54, 1.807) is 19.3 Å². The summed E-state index contributed by atoms with van der Waals surface area (Å²) < 4.78 is 1.92. The summed E-state index contributed by atoms with van der Waals surface area (Å²) in [5.74, 6) is 2.13. The lowest BCUT2D eigenvalue weighted by molar-refractivity contribution is -0.740. The van der Waals surface area contributed by atoms with Gasteiger partial charge >= 0.3 is 0 Å². The Balaban J connectivity index is 2.22. The highest BCUT2D eigenvalue weighted by molar-refractivity contribution is 7.80. The third-order valence-electron chi connectivity index (χ3n) is 4.05. The highest BCUT2D eigenvalue weighted by Crippen LogP contribution is 2.40. The Kier molecular flexibility index (Phi) is 4.05. The number of nitrogens with one attached hydrogen (secondary N) is 2. The molecule has 2 aromatic heterocycles. The van der Waals surface area contributed by atoms with Crippen LogP contribution in [0.4, 0.5) is 0 Å². The van der Waals surface area contributed by atoms with Crippen molar-refractivity contribution in [2.45, 2.75) is 24.6 Å². The molecule has 1 aliphatic rings. The first-order chi connectivity index (χ1) is 11.0. The second kappa shape index (κ2) is 6.01. The lowest BCUT2D eigenvalue weighted by Gasteiger charge is -2.40. The minimum Gasteiger partial charge on any atom is -0.366 e. The number of hydrogen-bond donors (Lipinski definition) is 3. The van der Waals surface area contributed by atoms with Crippen molar-refractivity contribution in [1.29, 1.82) is 5.41 Å². The topological polar surface area (TPSA) is 72.9 Å². The van der Waals surface area contributed by atoms with E-state index in [2.05, 4.69) is 16.2 Å². The Labute approximate surface area is 139 Å². The molecule has 0 saturated carbocycles. The van der Waals surface area contributed by atoms with E-state index in [0.29, 0.717) is 10.6 Å². The highest BCUT2D eigenvalue weighted by atomic mass is 32.1. The molecule has 1 fully saturated rings. The van der Waals surface area contributed by atoms with Crippen LogP contribution in [0, 0.1) is 5.41 Å². The van der Waals surface area contributed by atoms with E-state index in [1.165, 1.54) is 0 Å². The Hall–Kier alpha value is -2.40. The van der Waals surface area contributed by atoms with Crippen molar-refractivity contribution in [1.82, 2.24) is 10.3 Å². The van der Waals surface area contributed by atoms with Gasteiger partial charge in [-0.2, -0.15) is 4.57 Å². The van der Waals surface area contributed by atoms with Crippen LogP contribution in [0.25, 0.3) is 0 Å². The molecule has 0 bridgehead atoms. The summed E-state index contributed by atoms with van der Waals surface area (Å²) in [6.45, 7) is 1.69. The van der Waals surface area contributed by atoms with E-state index in [0.717, 1.165) is 5.56 Å². The molecule has 0 aromatic carbocycles. The highest BCUT2D eigenvalue weighted by Gasteiger charge is 2.52. The Morgan fingerprint density at radius 3 is 2.70 bits per heavy atom. The zero-order chi connectivity index (χ0) is 16.4. The van der Waals surface area contributed by atoms with Gasteiger partial charge in [0.15, 0.2) is 18.1 Å². The van der Waals surface area contributed by atoms with Crippen molar-refractivity contribution < 1.29 is 9.67 Å². The molecule has 0 radical (unpaired) electrons. The van der Waals surface area contributed by atoms with E-state index in [1.807, 2.05) is 47.3 Å². The summed E-state index contributed by atoms with van der Waals surface area (Å²) in [5, 5.41) is 21.6. The van der Waals surface area contributed by atoms with Crippen LogP contribution in [-0.2, 0) is 0 Å². The molecule has 1 unspecified atom stereocenters. The van der Waals surface area contributed by atoms with Crippen molar-refractivity contribution in [2.75, 3.05) is 0 Å². The average Bonchev–Trinajstić information content (AvgIpc) is 2.55. The molecule has 3 atom stereocenters. The molecule has 1 saturated heterocycles. The molecule has 3 rings (SSSR count). The molecule has 0 aliphatic carbocycles. The second-order valence-electron chi connectivity index (χ2n) is 5.67. The van der Waals surface area contributed by atoms with Crippen LogP contribution >= 0.6 is 12.2 Å². The van der Waals surface area contributed by atoms with Gasteiger partial charge in [-0.05, 0) is 24.4 Å². The number of rotatable bonds is 2. The van der Waals surface area contributed by atoms with Crippen LogP contribution in [0.15, 0.2) is 60.7 Å². The number of aromatic nitrogens is 2. The van der Waals surface area contributed by atoms with Gasteiger partial charge in [-0.3, -0.25) is 10.4 Å². The predicted octanol–water partition coefficient (Wildman–Crippen LogP) is 1.51. The summed E-state index contributed by atoms with van der Waals surface area (Å²) in [6.07, 6.45) is 7.21. The molecule has 1 aliphatic heterocycles. The monoisotopic (exact) mass is 325 g/mol. The summed E-state index contributed by atoms with van der Waals surface area (Å²) in [6, 6.07) is 9.08. The Bertz CT molecular complexity index is 770. The zero-order valence-corrected chi connectivity index (χ0v) is 13.4. The minimum atomic E-state index is -1.27. The smallest absolute Gasteiger partial charge is 0.216 e. The first kappa shape index (κ1) is 15.5. The van der Waals surface area contributed by atoms with Crippen molar-refractivity contribution in [3.8, 4) is 0 Å². The lowest BCUT2D eigenvalue weighted by Crippen LogP contribution is -2.65. The molecule has 3 heterocycles. The van der Waals surface area contributed by atoms with Gasteiger partial charge in [0.1, 0.15) is 4.99 Å². The normalized spacial score (nSPS) is 27.2. The predicted molar refractivity (Wildman–Crippen MR) is 90.2 cm³/mol. The second-order valence-corrected chi connectivity index (χ2v) is 6.08. The van der Waals surface area contributed by atoms with E-state index in [4.69, 9.17) is 17.6 Å². The largest absolute Gasteiger partial charge is 0.366 e. The average molecular weight is 325 g/mol. The molecule has 0 amide bonds. The van der Waals surface area contributed by atoms with Crippen molar-refractivity contribution in [2.24, 2.45) is 0 Å².